The summed E-state index contributed by atoms with van der Waals surface area (Å²) in [5.41, 5.74) is 5.03. The standard InChI is InChI=1S/C16H22N2S2/c1-3-5-7-11-9-13-14(10-12(11)8-6-4-2)18-16(20)15(19)17-13/h9-10H,3-8H2,1-2H3,(H,17,19)(H,18,20). The Labute approximate surface area is 130 Å². The van der Waals surface area contributed by atoms with E-state index in [2.05, 4.69) is 35.9 Å². The van der Waals surface area contributed by atoms with Gasteiger partial charge in [-0.1, -0.05) is 51.1 Å². The van der Waals surface area contributed by atoms with Crippen LogP contribution in [0.4, 0.5) is 0 Å². The third kappa shape index (κ3) is 3.55. The van der Waals surface area contributed by atoms with Crippen molar-refractivity contribution in [3.63, 3.8) is 0 Å². The number of benzene rings is 1. The Kier molecular flexibility index (Phi) is 5.49. The third-order valence-corrected chi connectivity index (χ3v) is 4.38. The molecule has 0 aliphatic rings. The van der Waals surface area contributed by atoms with Gasteiger partial charge in [0.25, 0.3) is 0 Å². The topological polar surface area (TPSA) is 31.6 Å². The molecule has 0 amide bonds. The summed E-state index contributed by atoms with van der Waals surface area (Å²) in [7, 11) is 0. The van der Waals surface area contributed by atoms with E-state index < -0.39 is 0 Å². The fourth-order valence-corrected chi connectivity index (χ4v) is 2.78. The first-order valence-corrected chi connectivity index (χ1v) is 8.25. The van der Waals surface area contributed by atoms with Crippen molar-refractivity contribution in [2.75, 3.05) is 0 Å². The molecule has 20 heavy (non-hydrogen) atoms. The van der Waals surface area contributed by atoms with Gasteiger partial charge < -0.3 is 9.97 Å². The molecule has 2 rings (SSSR count). The Bertz CT molecular complexity index is 637. The third-order valence-electron chi connectivity index (χ3n) is 3.64. The number of fused-ring (bicyclic) bond motifs is 1. The van der Waals surface area contributed by atoms with Crippen molar-refractivity contribution in [3.05, 3.63) is 32.5 Å². The Morgan fingerprint density at radius 1 is 0.800 bits per heavy atom. The minimum absolute atomic E-state index is 0.621. The number of hydrogen-bond donors (Lipinski definition) is 2. The number of nitrogens with one attached hydrogen (secondary N) is 2. The van der Waals surface area contributed by atoms with E-state index in [1.54, 1.807) is 0 Å². The largest absolute Gasteiger partial charge is 0.342 e. The second-order valence-electron chi connectivity index (χ2n) is 5.28. The molecule has 0 atom stereocenters. The minimum Gasteiger partial charge on any atom is -0.342 e. The zero-order chi connectivity index (χ0) is 14.5. The molecule has 0 bridgehead atoms. The van der Waals surface area contributed by atoms with Gasteiger partial charge >= 0.3 is 0 Å². The number of aromatic nitrogens is 2. The quantitative estimate of drug-likeness (QED) is 0.677. The van der Waals surface area contributed by atoms with Gasteiger partial charge in [-0.3, -0.25) is 0 Å². The fraction of sp³-hybridized carbons (Fsp3) is 0.500. The number of H-pyrrole nitrogens is 2. The average molecular weight is 307 g/mol. The highest BCUT2D eigenvalue weighted by atomic mass is 32.1. The van der Waals surface area contributed by atoms with Crippen LogP contribution in [0.15, 0.2) is 12.1 Å². The van der Waals surface area contributed by atoms with Crippen molar-refractivity contribution in [2.24, 2.45) is 0 Å². The SMILES string of the molecule is CCCCc1cc2[nH]c(=S)c(=S)[nH]c2cc1CCCC. The van der Waals surface area contributed by atoms with Crippen LogP contribution in [0.2, 0.25) is 0 Å². The van der Waals surface area contributed by atoms with Crippen molar-refractivity contribution >= 4 is 35.5 Å². The number of aromatic amines is 2. The number of aryl methyl sites for hydroxylation is 2. The smallest absolute Gasteiger partial charge is 0.138 e. The lowest BCUT2D eigenvalue weighted by Crippen LogP contribution is -1.98. The first kappa shape index (κ1) is 15.4. The van der Waals surface area contributed by atoms with Gasteiger partial charge in [0.1, 0.15) is 9.28 Å². The zero-order valence-corrected chi connectivity index (χ0v) is 13.8. The molecule has 0 fully saturated rings. The monoisotopic (exact) mass is 306 g/mol. The molecule has 0 aliphatic heterocycles. The Hall–Kier alpha value is -1.00. The molecular weight excluding hydrogens is 284 g/mol. The molecular formula is C16H22N2S2. The maximum Gasteiger partial charge on any atom is 0.138 e. The van der Waals surface area contributed by atoms with Crippen LogP contribution in [0.3, 0.4) is 0 Å². The molecule has 0 saturated carbocycles. The molecule has 0 spiro atoms. The van der Waals surface area contributed by atoms with Crippen molar-refractivity contribution in [1.82, 2.24) is 9.97 Å². The van der Waals surface area contributed by atoms with Gasteiger partial charge in [-0.15, -0.1) is 0 Å². The van der Waals surface area contributed by atoms with Crippen LogP contribution < -0.4 is 0 Å². The predicted octanol–water partition coefficient (Wildman–Crippen LogP) is 5.64. The highest BCUT2D eigenvalue weighted by molar-refractivity contribution is 7.73. The summed E-state index contributed by atoms with van der Waals surface area (Å²) in [5.74, 6) is 0. The van der Waals surface area contributed by atoms with Crippen LogP contribution in [0.1, 0.15) is 50.7 Å². The lowest BCUT2D eigenvalue weighted by atomic mass is 9.97. The van der Waals surface area contributed by atoms with Crippen molar-refractivity contribution < 1.29 is 0 Å². The summed E-state index contributed by atoms with van der Waals surface area (Å²) < 4.78 is 1.24. The molecule has 1 aromatic heterocycles. The molecule has 1 heterocycles. The maximum absolute atomic E-state index is 5.22. The van der Waals surface area contributed by atoms with Crippen molar-refractivity contribution in [1.29, 1.82) is 0 Å². The van der Waals surface area contributed by atoms with Crippen LogP contribution in [0.25, 0.3) is 11.0 Å². The van der Waals surface area contributed by atoms with E-state index in [1.807, 2.05) is 0 Å². The van der Waals surface area contributed by atoms with Gasteiger partial charge in [0.15, 0.2) is 0 Å². The van der Waals surface area contributed by atoms with Crippen LogP contribution in [0.5, 0.6) is 0 Å². The Morgan fingerprint density at radius 3 is 1.55 bits per heavy atom. The van der Waals surface area contributed by atoms with Gasteiger partial charge in [0, 0.05) is 0 Å². The second-order valence-corrected chi connectivity index (χ2v) is 6.10. The molecule has 2 nitrogen and oxygen atoms in total. The van der Waals surface area contributed by atoms with Crippen LogP contribution in [-0.2, 0) is 12.8 Å². The highest BCUT2D eigenvalue weighted by Gasteiger charge is 2.06. The van der Waals surface area contributed by atoms with E-state index in [-0.39, 0.29) is 0 Å². The molecule has 108 valence electrons. The maximum atomic E-state index is 5.22. The van der Waals surface area contributed by atoms with Gasteiger partial charge in [-0.25, -0.2) is 0 Å². The van der Waals surface area contributed by atoms with Crippen LogP contribution >= 0.6 is 24.4 Å². The first-order chi connectivity index (χ1) is 9.65. The zero-order valence-electron chi connectivity index (χ0n) is 12.2. The van der Waals surface area contributed by atoms with E-state index in [9.17, 15) is 0 Å². The molecule has 2 aromatic rings. The normalized spacial score (nSPS) is 11.1. The second kappa shape index (κ2) is 7.14. The number of rotatable bonds is 6. The van der Waals surface area contributed by atoms with E-state index >= 15 is 0 Å². The van der Waals surface area contributed by atoms with Crippen molar-refractivity contribution in [3.8, 4) is 0 Å². The molecule has 2 N–H and O–H groups in total. The summed E-state index contributed by atoms with van der Waals surface area (Å²) in [4.78, 5) is 6.48. The van der Waals surface area contributed by atoms with Crippen LogP contribution in [0, 0.1) is 9.28 Å². The molecule has 4 heteroatoms. The molecule has 1 aromatic carbocycles. The number of unbranched alkanes of at least 4 members (excludes halogenated alkanes) is 2. The predicted molar refractivity (Wildman–Crippen MR) is 91.5 cm³/mol. The van der Waals surface area contributed by atoms with Gasteiger partial charge in [-0.2, -0.15) is 0 Å². The van der Waals surface area contributed by atoms with Gasteiger partial charge in [0.2, 0.25) is 0 Å². The van der Waals surface area contributed by atoms with Crippen LogP contribution in [-0.4, -0.2) is 9.97 Å². The highest BCUT2D eigenvalue weighted by Crippen LogP contribution is 2.21. The summed E-state index contributed by atoms with van der Waals surface area (Å²) in [6, 6.07) is 4.49. The van der Waals surface area contributed by atoms with Gasteiger partial charge in [-0.05, 0) is 48.9 Å². The lowest BCUT2D eigenvalue weighted by molar-refractivity contribution is 0.759. The van der Waals surface area contributed by atoms with E-state index in [1.165, 1.54) is 36.8 Å². The summed E-state index contributed by atoms with van der Waals surface area (Å²) in [6.07, 6.45) is 7.18. The van der Waals surface area contributed by atoms with Gasteiger partial charge in [0.05, 0.1) is 11.0 Å². The Balaban J connectivity index is 2.51. The molecule has 0 aliphatic carbocycles. The molecule has 0 saturated heterocycles. The van der Waals surface area contributed by atoms with Crippen molar-refractivity contribution in [2.45, 2.75) is 52.4 Å². The summed E-state index contributed by atoms with van der Waals surface area (Å²) >= 11 is 10.4. The average Bonchev–Trinajstić information content (AvgIpc) is 2.44. The summed E-state index contributed by atoms with van der Waals surface area (Å²) in [6.45, 7) is 4.47. The van der Waals surface area contributed by atoms with E-state index in [4.69, 9.17) is 24.4 Å². The first-order valence-electron chi connectivity index (χ1n) is 7.43. The minimum atomic E-state index is 0.621. The summed E-state index contributed by atoms with van der Waals surface area (Å²) in [5, 5.41) is 0. The fourth-order valence-electron chi connectivity index (χ4n) is 2.45. The van der Waals surface area contributed by atoms with E-state index in [0.717, 1.165) is 23.9 Å². The molecule has 0 radical (unpaired) electrons. The molecule has 0 unspecified atom stereocenters. The lowest BCUT2D eigenvalue weighted by Gasteiger charge is -2.11. The number of hydrogen-bond acceptors (Lipinski definition) is 2. The Morgan fingerprint density at radius 2 is 1.20 bits per heavy atom. The van der Waals surface area contributed by atoms with E-state index in [0.29, 0.717) is 9.28 Å².